The molecule has 0 amide bonds. The van der Waals surface area contributed by atoms with Gasteiger partial charge in [0, 0.05) is 27.6 Å². The van der Waals surface area contributed by atoms with Gasteiger partial charge in [0.25, 0.3) is 0 Å². The van der Waals surface area contributed by atoms with Crippen LogP contribution in [0.1, 0.15) is 17.0 Å². The molecule has 1 aliphatic rings. The van der Waals surface area contributed by atoms with Gasteiger partial charge in [-0.15, -0.1) is 11.8 Å². The highest BCUT2D eigenvalue weighted by molar-refractivity contribution is 7.99. The molecule has 2 atom stereocenters. The molecule has 2 nitrogen and oxygen atoms in total. The molecule has 0 saturated carbocycles. The monoisotopic (exact) mass is 304 g/mol. The van der Waals surface area contributed by atoms with Crippen molar-refractivity contribution in [2.75, 3.05) is 5.75 Å². The van der Waals surface area contributed by atoms with Crippen molar-refractivity contribution in [2.45, 2.75) is 23.3 Å². The Bertz CT molecular complexity index is 585. The van der Waals surface area contributed by atoms with Crippen molar-refractivity contribution in [1.29, 1.82) is 0 Å². The van der Waals surface area contributed by atoms with Gasteiger partial charge in [0.2, 0.25) is 0 Å². The van der Waals surface area contributed by atoms with E-state index in [0.29, 0.717) is 5.92 Å². The SMILES string of the molecule is NNC(Cc1ccc(Cl)cc1)C1CSc2ccccc21. The molecule has 0 aromatic heterocycles. The van der Waals surface area contributed by atoms with Crippen LogP contribution in [0.2, 0.25) is 5.02 Å². The second-order valence-corrected chi connectivity index (χ2v) is 6.56. The molecule has 2 unspecified atom stereocenters. The zero-order chi connectivity index (χ0) is 13.9. The molecule has 0 fully saturated rings. The molecule has 2 aromatic carbocycles. The predicted octanol–water partition coefficient (Wildman–Crippen LogP) is 3.60. The number of nitrogens with one attached hydrogen (secondary N) is 1. The molecule has 1 heterocycles. The van der Waals surface area contributed by atoms with Gasteiger partial charge in [-0.2, -0.15) is 0 Å². The summed E-state index contributed by atoms with van der Waals surface area (Å²) < 4.78 is 0. The third kappa shape index (κ3) is 2.86. The Morgan fingerprint density at radius 2 is 1.95 bits per heavy atom. The highest BCUT2D eigenvalue weighted by Gasteiger charge is 2.29. The molecular weight excluding hydrogens is 288 g/mol. The first-order valence-electron chi connectivity index (χ1n) is 6.70. The quantitative estimate of drug-likeness (QED) is 0.669. The van der Waals surface area contributed by atoms with Gasteiger partial charge in [-0.25, -0.2) is 0 Å². The number of nitrogens with two attached hydrogens (primary N) is 1. The molecule has 0 aliphatic carbocycles. The normalized spacial score (nSPS) is 18.8. The number of thioether (sulfide) groups is 1. The number of hydrogen-bond donors (Lipinski definition) is 2. The van der Waals surface area contributed by atoms with E-state index in [0.717, 1.165) is 17.2 Å². The van der Waals surface area contributed by atoms with Gasteiger partial charge >= 0.3 is 0 Å². The van der Waals surface area contributed by atoms with E-state index < -0.39 is 0 Å². The molecule has 20 heavy (non-hydrogen) atoms. The summed E-state index contributed by atoms with van der Waals surface area (Å²) in [4.78, 5) is 1.38. The lowest BCUT2D eigenvalue weighted by Crippen LogP contribution is -2.41. The van der Waals surface area contributed by atoms with Crippen LogP contribution in [-0.2, 0) is 6.42 Å². The van der Waals surface area contributed by atoms with E-state index in [1.807, 2.05) is 23.9 Å². The maximum Gasteiger partial charge on any atom is 0.0406 e. The molecule has 0 radical (unpaired) electrons. The fourth-order valence-electron chi connectivity index (χ4n) is 2.71. The van der Waals surface area contributed by atoms with Crippen LogP contribution in [0, 0.1) is 0 Å². The van der Waals surface area contributed by atoms with Crippen molar-refractivity contribution in [3.63, 3.8) is 0 Å². The van der Waals surface area contributed by atoms with Crippen molar-refractivity contribution in [3.05, 3.63) is 64.7 Å². The third-order valence-corrected chi connectivity index (χ3v) is 5.27. The first-order valence-corrected chi connectivity index (χ1v) is 8.06. The second-order valence-electron chi connectivity index (χ2n) is 5.06. The van der Waals surface area contributed by atoms with Crippen LogP contribution in [0.3, 0.4) is 0 Å². The summed E-state index contributed by atoms with van der Waals surface area (Å²) in [5, 5.41) is 0.771. The summed E-state index contributed by atoms with van der Waals surface area (Å²) in [5.41, 5.74) is 5.67. The molecular formula is C16H17ClN2S. The van der Waals surface area contributed by atoms with Crippen molar-refractivity contribution >= 4 is 23.4 Å². The van der Waals surface area contributed by atoms with E-state index in [4.69, 9.17) is 17.4 Å². The molecule has 4 heteroatoms. The molecule has 0 bridgehead atoms. The van der Waals surface area contributed by atoms with Crippen molar-refractivity contribution < 1.29 is 0 Å². The van der Waals surface area contributed by atoms with Crippen LogP contribution in [0.25, 0.3) is 0 Å². The Morgan fingerprint density at radius 1 is 1.20 bits per heavy atom. The fraction of sp³-hybridized carbons (Fsp3) is 0.250. The van der Waals surface area contributed by atoms with Crippen molar-refractivity contribution in [1.82, 2.24) is 5.43 Å². The van der Waals surface area contributed by atoms with Crippen LogP contribution in [-0.4, -0.2) is 11.8 Å². The summed E-state index contributed by atoms with van der Waals surface area (Å²) in [6.45, 7) is 0. The summed E-state index contributed by atoms with van der Waals surface area (Å²) >= 11 is 7.85. The van der Waals surface area contributed by atoms with Gasteiger partial charge in [0.05, 0.1) is 0 Å². The van der Waals surface area contributed by atoms with Gasteiger partial charge < -0.3 is 0 Å². The Labute approximate surface area is 128 Å². The molecule has 3 rings (SSSR count). The molecule has 3 N–H and O–H groups in total. The zero-order valence-electron chi connectivity index (χ0n) is 11.1. The minimum absolute atomic E-state index is 0.243. The van der Waals surface area contributed by atoms with E-state index in [1.54, 1.807) is 0 Å². The number of hydrazine groups is 1. The maximum absolute atomic E-state index is 5.93. The molecule has 2 aromatic rings. The van der Waals surface area contributed by atoms with Gasteiger partial charge in [0.1, 0.15) is 0 Å². The summed E-state index contributed by atoms with van der Waals surface area (Å²) in [5.74, 6) is 7.34. The lowest BCUT2D eigenvalue weighted by molar-refractivity contribution is 0.463. The largest absolute Gasteiger partial charge is 0.271 e. The van der Waals surface area contributed by atoms with E-state index in [9.17, 15) is 0 Å². The molecule has 1 aliphatic heterocycles. The van der Waals surface area contributed by atoms with Crippen LogP contribution < -0.4 is 11.3 Å². The number of benzene rings is 2. The topological polar surface area (TPSA) is 38.0 Å². The smallest absolute Gasteiger partial charge is 0.0406 e. The van der Waals surface area contributed by atoms with Gasteiger partial charge in [0.15, 0.2) is 0 Å². The summed E-state index contributed by atoms with van der Waals surface area (Å²) in [6, 6.07) is 16.9. The van der Waals surface area contributed by atoms with E-state index in [1.165, 1.54) is 16.0 Å². The highest BCUT2D eigenvalue weighted by atomic mass is 35.5. The average Bonchev–Trinajstić information content (AvgIpc) is 2.91. The summed E-state index contributed by atoms with van der Waals surface area (Å²) in [6.07, 6.45) is 0.910. The van der Waals surface area contributed by atoms with Gasteiger partial charge in [-0.1, -0.05) is 41.9 Å². The Morgan fingerprint density at radius 3 is 2.70 bits per heavy atom. The Balaban J connectivity index is 1.79. The summed E-state index contributed by atoms with van der Waals surface area (Å²) in [7, 11) is 0. The maximum atomic E-state index is 5.93. The minimum atomic E-state index is 0.243. The Hall–Kier alpha value is -1.00. The van der Waals surface area contributed by atoms with E-state index in [2.05, 4.69) is 41.8 Å². The first kappa shape index (κ1) is 14.0. The van der Waals surface area contributed by atoms with Crippen molar-refractivity contribution in [2.24, 2.45) is 5.84 Å². The second kappa shape index (κ2) is 6.19. The highest BCUT2D eigenvalue weighted by Crippen LogP contribution is 2.41. The lowest BCUT2D eigenvalue weighted by atomic mass is 9.89. The molecule has 0 spiro atoms. The van der Waals surface area contributed by atoms with Crippen LogP contribution in [0.4, 0.5) is 0 Å². The fourth-order valence-corrected chi connectivity index (χ4v) is 4.17. The van der Waals surface area contributed by atoms with Crippen LogP contribution >= 0.6 is 23.4 Å². The van der Waals surface area contributed by atoms with E-state index in [-0.39, 0.29) is 6.04 Å². The Kier molecular flexibility index (Phi) is 4.32. The standard InChI is InChI=1S/C16H17ClN2S/c17-12-7-5-11(6-8-12)9-15(19-18)14-10-20-16-4-2-1-3-13(14)16/h1-8,14-15,19H,9-10,18H2. The van der Waals surface area contributed by atoms with Gasteiger partial charge in [-0.05, 0) is 35.7 Å². The predicted molar refractivity (Wildman–Crippen MR) is 86.2 cm³/mol. The lowest BCUT2D eigenvalue weighted by Gasteiger charge is -2.23. The number of rotatable bonds is 4. The van der Waals surface area contributed by atoms with Crippen LogP contribution in [0.15, 0.2) is 53.4 Å². The average molecular weight is 305 g/mol. The van der Waals surface area contributed by atoms with Crippen molar-refractivity contribution in [3.8, 4) is 0 Å². The number of halogens is 1. The zero-order valence-corrected chi connectivity index (χ0v) is 12.6. The van der Waals surface area contributed by atoms with E-state index >= 15 is 0 Å². The van der Waals surface area contributed by atoms with Gasteiger partial charge in [-0.3, -0.25) is 11.3 Å². The number of hydrogen-bond acceptors (Lipinski definition) is 3. The number of fused-ring (bicyclic) bond motifs is 1. The van der Waals surface area contributed by atoms with Crippen LogP contribution in [0.5, 0.6) is 0 Å². The third-order valence-electron chi connectivity index (χ3n) is 3.81. The first-order chi connectivity index (χ1) is 9.78. The molecule has 104 valence electrons. The minimum Gasteiger partial charge on any atom is -0.271 e. The molecule has 0 saturated heterocycles.